The van der Waals surface area contributed by atoms with Gasteiger partial charge in [-0.2, -0.15) is 0 Å². The van der Waals surface area contributed by atoms with E-state index in [1.807, 2.05) is 80.6 Å². The van der Waals surface area contributed by atoms with E-state index in [0.29, 0.717) is 12.2 Å². The Morgan fingerprint density at radius 2 is 1.64 bits per heavy atom. The summed E-state index contributed by atoms with van der Waals surface area (Å²) >= 11 is 0. The van der Waals surface area contributed by atoms with Gasteiger partial charge in [0.15, 0.2) is 6.10 Å². The number of ether oxygens (including phenoxy) is 1. The Morgan fingerprint density at radius 3 is 2.39 bits per heavy atom. The Bertz CT molecular complexity index is 962. The first kappa shape index (κ1) is 19.4. The number of benzene rings is 3. The summed E-state index contributed by atoms with van der Waals surface area (Å²) in [5.74, 6) is -0.0427. The fraction of sp³-hybridized carbons (Fsp3) is 0.217. The summed E-state index contributed by atoms with van der Waals surface area (Å²) in [4.78, 5) is 24.7. The van der Waals surface area contributed by atoms with Gasteiger partial charge in [0, 0.05) is 0 Å². The molecule has 0 fully saturated rings. The van der Waals surface area contributed by atoms with Crippen LogP contribution in [0, 0.1) is 6.92 Å². The van der Waals surface area contributed by atoms with Crippen molar-refractivity contribution in [3.63, 3.8) is 0 Å². The molecule has 2 N–H and O–H groups in total. The van der Waals surface area contributed by atoms with Gasteiger partial charge in [0.1, 0.15) is 5.75 Å². The van der Waals surface area contributed by atoms with Gasteiger partial charge < -0.3 is 4.74 Å². The van der Waals surface area contributed by atoms with E-state index >= 15 is 0 Å². The van der Waals surface area contributed by atoms with E-state index in [-0.39, 0.29) is 18.2 Å². The number of carbonyl (C=O) groups is 2. The molecule has 0 heterocycles. The van der Waals surface area contributed by atoms with Crippen LogP contribution in [0.3, 0.4) is 0 Å². The van der Waals surface area contributed by atoms with Crippen LogP contribution in [0.2, 0.25) is 0 Å². The van der Waals surface area contributed by atoms with Gasteiger partial charge in [0.2, 0.25) is 5.91 Å². The zero-order valence-corrected chi connectivity index (χ0v) is 16.1. The lowest BCUT2D eigenvalue weighted by atomic mass is 10.0. The number of fused-ring (bicyclic) bond motifs is 1. The molecule has 1 unspecified atom stereocenters. The highest BCUT2D eigenvalue weighted by Gasteiger charge is 2.19. The van der Waals surface area contributed by atoms with Crippen LogP contribution >= 0.6 is 0 Å². The standard InChI is InChI=1S/C23H24N2O3/c1-3-21(28-19-13-11-16(2)12-14-19)23(27)25-24-22(26)15-18-9-6-8-17-7-4-5-10-20(17)18/h4-14,21H,3,15H2,1-2H3,(H,24,26)(H,25,27). The number of hydrogen-bond acceptors (Lipinski definition) is 3. The molecule has 0 aliphatic carbocycles. The maximum Gasteiger partial charge on any atom is 0.279 e. The minimum absolute atomic E-state index is 0.178. The van der Waals surface area contributed by atoms with Crippen molar-refractivity contribution in [1.29, 1.82) is 0 Å². The zero-order valence-electron chi connectivity index (χ0n) is 16.1. The molecule has 0 saturated carbocycles. The maximum absolute atomic E-state index is 12.4. The Labute approximate surface area is 164 Å². The number of amides is 2. The predicted octanol–water partition coefficient (Wildman–Crippen LogP) is 3.70. The first-order valence-corrected chi connectivity index (χ1v) is 9.35. The lowest BCUT2D eigenvalue weighted by Gasteiger charge is -2.17. The summed E-state index contributed by atoms with van der Waals surface area (Å²) in [5.41, 5.74) is 6.98. The number of hydrogen-bond donors (Lipinski definition) is 2. The number of nitrogens with one attached hydrogen (secondary N) is 2. The number of rotatable bonds is 6. The van der Waals surface area contributed by atoms with E-state index in [9.17, 15) is 9.59 Å². The molecule has 0 radical (unpaired) electrons. The van der Waals surface area contributed by atoms with E-state index in [0.717, 1.165) is 21.9 Å². The molecule has 0 bridgehead atoms. The molecular formula is C23H24N2O3. The summed E-state index contributed by atoms with van der Waals surface area (Å²) in [6.07, 6.45) is -0.0172. The van der Waals surface area contributed by atoms with Crippen LogP contribution in [0.5, 0.6) is 5.75 Å². The highest BCUT2D eigenvalue weighted by molar-refractivity contribution is 5.91. The van der Waals surface area contributed by atoms with Crippen molar-refractivity contribution in [1.82, 2.24) is 10.9 Å². The van der Waals surface area contributed by atoms with Crippen LogP contribution in [0.25, 0.3) is 10.8 Å². The maximum atomic E-state index is 12.4. The van der Waals surface area contributed by atoms with Crippen LogP contribution in [-0.4, -0.2) is 17.9 Å². The first-order valence-electron chi connectivity index (χ1n) is 9.35. The molecule has 0 saturated heterocycles. The van der Waals surface area contributed by atoms with Crippen molar-refractivity contribution >= 4 is 22.6 Å². The highest BCUT2D eigenvalue weighted by Crippen LogP contribution is 2.19. The molecule has 1 atom stereocenters. The zero-order chi connectivity index (χ0) is 19.9. The van der Waals surface area contributed by atoms with Gasteiger partial charge in [-0.1, -0.05) is 67.1 Å². The average molecular weight is 376 g/mol. The Morgan fingerprint density at radius 1 is 0.929 bits per heavy atom. The van der Waals surface area contributed by atoms with E-state index < -0.39 is 6.10 Å². The van der Waals surface area contributed by atoms with Crippen LogP contribution in [0.15, 0.2) is 66.7 Å². The third-order valence-electron chi connectivity index (χ3n) is 4.52. The van der Waals surface area contributed by atoms with E-state index in [4.69, 9.17) is 4.74 Å². The van der Waals surface area contributed by atoms with Crippen molar-refractivity contribution in [2.75, 3.05) is 0 Å². The summed E-state index contributed by atoms with van der Waals surface area (Å²) in [6.45, 7) is 3.84. The van der Waals surface area contributed by atoms with Crippen molar-refractivity contribution in [3.05, 3.63) is 77.9 Å². The molecule has 0 aliphatic rings. The van der Waals surface area contributed by atoms with Crippen molar-refractivity contribution in [2.45, 2.75) is 32.8 Å². The molecule has 3 aromatic carbocycles. The number of hydrazine groups is 1. The van der Waals surface area contributed by atoms with Crippen LogP contribution in [0.1, 0.15) is 24.5 Å². The van der Waals surface area contributed by atoms with Crippen LogP contribution in [0.4, 0.5) is 0 Å². The lowest BCUT2D eigenvalue weighted by molar-refractivity contribution is -0.133. The minimum Gasteiger partial charge on any atom is -0.481 e. The van der Waals surface area contributed by atoms with E-state index in [1.54, 1.807) is 0 Å². The summed E-state index contributed by atoms with van der Waals surface area (Å²) in [6, 6.07) is 21.2. The largest absolute Gasteiger partial charge is 0.481 e. The molecule has 3 aromatic rings. The van der Waals surface area contributed by atoms with Gasteiger partial charge >= 0.3 is 0 Å². The summed E-state index contributed by atoms with van der Waals surface area (Å²) < 4.78 is 5.73. The molecule has 3 rings (SSSR count). The normalized spacial score (nSPS) is 11.6. The van der Waals surface area contributed by atoms with Crippen LogP contribution in [-0.2, 0) is 16.0 Å². The minimum atomic E-state index is -0.680. The number of carbonyl (C=O) groups excluding carboxylic acids is 2. The topological polar surface area (TPSA) is 67.4 Å². The van der Waals surface area contributed by atoms with Gasteiger partial charge in [-0.05, 0) is 41.8 Å². The van der Waals surface area contributed by atoms with E-state index in [1.165, 1.54) is 0 Å². The fourth-order valence-corrected chi connectivity index (χ4v) is 2.98. The van der Waals surface area contributed by atoms with Gasteiger partial charge in [-0.3, -0.25) is 20.4 Å². The second-order valence-corrected chi connectivity index (χ2v) is 6.68. The van der Waals surface area contributed by atoms with Crippen LogP contribution < -0.4 is 15.6 Å². The second-order valence-electron chi connectivity index (χ2n) is 6.68. The number of aryl methyl sites for hydroxylation is 1. The van der Waals surface area contributed by atoms with E-state index in [2.05, 4.69) is 10.9 Å². The smallest absolute Gasteiger partial charge is 0.279 e. The molecule has 5 heteroatoms. The van der Waals surface area contributed by atoms with Crippen molar-refractivity contribution in [3.8, 4) is 5.75 Å². The van der Waals surface area contributed by atoms with Crippen molar-refractivity contribution in [2.24, 2.45) is 0 Å². The molecule has 144 valence electrons. The SMILES string of the molecule is CCC(Oc1ccc(C)cc1)C(=O)NNC(=O)Cc1cccc2ccccc12. The second kappa shape index (κ2) is 9.04. The molecule has 0 spiro atoms. The monoisotopic (exact) mass is 376 g/mol. The third kappa shape index (κ3) is 4.88. The predicted molar refractivity (Wildman–Crippen MR) is 110 cm³/mol. The van der Waals surface area contributed by atoms with Gasteiger partial charge in [0.25, 0.3) is 5.91 Å². The average Bonchev–Trinajstić information content (AvgIpc) is 2.72. The summed E-state index contributed by atoms with van der Waals surface area (Å²) in [5, 5.41) is 2.11. The molecule has 5 nitrogen and oxygen atoms in total. The lowest BCUT2D eigenvalue weighted by Crippen LogP contribution is -2.48. The Kier molecular flexibility index (Phi) is 6.27. The van der Waals surface area contributed by atoms with Gasteiger partial charge in [-0.25, -0.2) is 0 Å². The van der Waals surface area contributed by atoms with Gasteiger partial charge in [0.05, 0.1) is 6.42 Å². The molecular weight excluding hydrogens is 352 g/mol. The van der Waals surface area contributed by atoms with Crippen molar-refractivity contribution < 1.29 is 14.3 Å². The Balaban J connectivity index is 1.56. The molecule has 28 heavy (non-hydrogen) atoms. The molecule has 0 aromatic heterocycles. The first-order chi connectivity index (χ1) is 13.6. The fourth-order valence-electron chi connectivity index (χ4n) is 2.98. The highest BCUT2D eigenvalue weighted by atomic mass is 16.5. The van der Waals surface area contributed by atoms with Gasteiger partial charge in [-0.15, -0.1) is 0 Å². The quantitative estimate of drug-likeness (QED) is 0.645. The third-order valence-corrected chi connectivity index (χ3v) is 4.52. The molecule has 0 aliphatic heterocycles. The Hall–Kier alpha value is -3.34. The summed E-state index contributed by atoms with van der Waals surface area (Å²) in [7, 11) is 0. The molecule has 2 amide bonds.